The molecule has 9 nitrogen and oxygen atoms in total. The molecule has 0 bridgehead atoms. The number of carbonyl (C=O) groups excluding carboxylic acids is 2. The number of hydrazine groups is 1. The zero-order chi connectivity index (χ0) is 22.1. The zero-order valence-electron chi connectivity index (χ0n) is 17.4. The number of nitrogens with zero attached hydrogens (tertiary/aromatic N) is 2. The van der Waals surface area contributed by atoms with Crippen LogP contribution < -0.4 is 20.3 Å². The molecule has 1 heterocycles. The fourth-order valence-electron chi connectivity index (χ4n) is 2.61. The van der Waals surface area contributed by atoms with E-state index in [0.717, 1.165) is 11.1 Å². The van der Waals surface area contributed by atoms with Crippen LogP contribution >= 0.6 is 0 Å². The number of para-hydroxylation sites is 2. The minimum absolute atomic E-state index is 0.0733. The second-order valence-electron chi connectivity index (χ2n) is 6.63. The van der Waals surface area contributed by atoms with Crippen molar-refractivity contribution >= 4 is 11.8 Å². The van der Waals surface area contributed by atoms with Gasteiger partial charge >= 0.3 is 0 Å². The Morgan fingerprint density at radius 2 is 1.61 bits per heavy atom. The first-order valence-electron chi connectivity index (χ1n) is 9.87. The highest BCUT2D eigenvalue weighted by Crippen LogP contribution is 2.26. The molecule has 0 spiro atoms. The van der Waals surface area contributed by atoms with Crippen LogP contribution in [-0.2, 0) is 16.0 Å². The number of hydrogen-bond acceptors (Lipinski definition) is 7. The van der Waals surface area contributed by atoms with Gasteiger partial charge in [-0.15, -0.1) is 10.2 Å². The van der Waals surface area contributed by atoms with Crippen molar-refractivity contribution in [1.29, 1.82) is 0 Å². The van der Waals surface area contributed by atoms with Gasteiger partial charge in [-0.05, 0) is 38.1 Å². The summed E-state index contributed by atoms with van der Waals surface area (Å²) >= 11 is 0. The van der Waals surface area contributed by atoms with Crippen LogP contribution in [0.4, 0.5) is 0 Å². The van der Waals surface area contributed by atoms with E-state index in [-0.39, 0.29) is 19.4 Å². The smallest absolute Gasteiger partial charge is 0.276 e. The van der Waals surface area contributed by atoms with Crippen molar-refractivity contribution in [2.75, 3.05) is 13.2 Å². The number of hydrogen-bond donors (Lipinski definition) is 2. The fourth-order valence-corrected chi connectivity index (χ4v) is 2.61. The van der Waals surface area contributed by atoms with Crippen LogP contribution in [0.15, 0.2) is 52.9 Å². The van der Waals surface area contributed by atoms with Gasteiger partial charge in [-0.2, -0.15) is 0 Å². The molecule has 0 radical (unpaired) electrons. The number of rotatable bonds is 9. The summed E-state index contributed by atoms with van der Waals surface area (Å²) in [5, 5.41) is 7.95. The van der Waals surface area contributed by atoms with Gasteiger partial charge in [-0.3, -0.25) is 20.4 Å². The minimum atomic E-state index is -0.501. The highest BCUT2D eigenvalue weighted by Gasteiger charge is 2.12. The van der Waals surface area contributed by atoms with Gasteiger partial charge in [-0.1, -0.05) is 29.8 Å². The molecule has 1 aromatic heterocycles. The molecule has 3 rings (SSSR count). The summed E-state index contributed by atoms with van der Waals surface area (Å²) in [5.74, 6) is 0.844. The molecule has 0 saturated heterocycles. The topological polar surface area (TPSA) is 116 Å². The maximum atomic E-state index is 12.0. The Morgan fingerprint density at radius 3 is 2.32 bits per heavy atom. The summed E-state index contributed by atoms with van der Waals surface area (Å²) in [6.45, 7) is 4.06. The van der Waals surface area contributed by atoms with Gasteiger partial charge in [0, 0.05) is 18.4 Å². The molecule has 31 heavy (non-hydrogen) atoms. The van der Waals surface area contributed by atoms with Gasteiger partial charge in [0.15, 0.2) is 18.1 Å². The molecule has 2 amide bonds. The minimum Gasteiger partial charge on any atom is -0.490 e. The van der Waals surface area contributed by atoms with Crippen molar-refractivity contribution in [3.05, 3.63) is 60.0 Å². The van der Waals surface area contributed by atoms with Crippen molar-refractivity contribution in [1.82, 2.24) is 21.0 Å². The van der Waals surface area contributed by atoms with Crippen molar-refractivity contribution in [3.63, 3.8) is 0 Å². The summed E-state index contributed by atoms with van der Waals surface area (Å²) in [6.07, 6.45) is 0.322. The summed E-state index contributed by atoms with van der Waals surface area (Å²) in [4.78, 5) is 23.9. The number of aryl methyl sites for hydroxylation is 2. The highest BCUT2D eigenvalue weighted by molar-refractivity contribution is 5.82. The number of nitrogens with one attached hydrogen (secondary N) is 2. The van der Waals surface area contributed by atoms with Gasteiger partial charge in [0.05, 0.1) is 6.61 Å². The molecule has 9 heteroatoms. The third-order valence-corrected chi connectivity index (χ3v) is 4.18. The fraction of sp³-hybridized carbons (Fsp3) is 0.273. The summed E-state index contributed by atoms with van der Waals surface area (Å²) in [5.41, 5.74) is 6.58. The first-order chi connectivity index (χ1) is 15.0. The van der Waals surface area contributed by atoms with Crippen LogP contribution in [-0.4, -0.2) is 35.2 Å². The van der Waals surface area contributed by atoms with E-state index in [0.29, 0.717) is 29.9 Å². The molecule has 0 aliphatic heterocycles. The molecular weight excluding hydrogens is 400 g/mol. The van der Waals surface area contributed by atoms with Crippen molar-refractivity contribution < 1.29 is 23.5 Å². The van der Waals surface area contributed by atoms with Crippen molar-refractivity contribution in [2.45, 2.75) is 26.7 Å². The Kier molecular flexibility index (Phi) is 7.58. The number of carbonyl (C=O) groups is 2. The van der Waals surface area contributed by atoms with E-state index in [1.807, 2.05) is 44.2 Å². The number of amides is 2. The Morgan fingerprint density at radius 1 is 0.935 bits per heavy atom. The van der Waals surface area contributed by atoms with E-state index in [4.69, 9.17) is 13.9 Å². The molecule has 2 N–H and O–H groups in total. The predicted molar refractivity (Wildman–Crippen MR) is 112 cm³/mol. The van der Waals surface area contributed by atoms with Crippen molar-refractivity contribution in [2.24, 2.45) is 0 Å². The largest absolute Gasteiger partial charge is 0.490 e. The lowest BCUT2D eigenvalue weighted by Crippen LogP contribution is -2.43. The lowest BCUT2D eigenvalue weighted by molar-refractivity contribution is -0.130. The first-order valence-corrected chi connectivity index (χ1v) is 9.87. The lowest BCUT2D eigenvalue weighted by Gasteiger charge is -2.11. The second-order valence-corrected chi connectivity index (χ2v) is 6.63. The SMILES string of the molecule is CCOc1ccccc1OCC(=O)NNC(=O)CCc1nnc(-c2ccc(C)cc2)o1. The average molecular weight is 424 g/mol. The zero-order valence-corrected chi connectivity index (χ0v) is 17.4. The van der Waals surface area contributed by atoms with Crippen LogP contribution in [0, 0.1) is 6.92 Å². The third-order valence-electron chi connectivity index (χ3n) is 4.18. The lowest BCUT2D eigenvalue weighted by atomic mass is 10.1. The number of benzene rings is 2. The van der Waals surface area contributed by atoms with E-state index in [1.54, 1.807) is 18.2 Å². The molecule has 0 aliphatic rings. The standard InChI is InChI=1S/C22H24N4O5/c1-3-29-17-6-4-5-7-18(17)30-14-20(28)24-23-19(27)12-13-21-25-26-22(31-21)16-10-8-15(2)9-11-16/h4-11H,3,12-14H2,1-2H3,(H,23,27)(H,24,28). The Balaban J connectivity index is 1.39. The van der Waals surface area contributed by atoms with Crippen LogP contribution in [0.25, 0.3) is 11.5 Å². The van der Waals surface area contributed by atoms with Gasteiger partial charge in [0.1, 0.15) is 0 Å². The van der Waals surface area contributed by atoms with Gasteiger partial charge in [0.2, 0.25) is 17.7 Å². The molecule has 0 fully saturated rings. The highest BCUT2D eigenvalue weighted by atomic mass is 16.5. The van der Waals surface area contributed by atoms with Crippen LogP contribution in [0.1, 0.15) is 24.8 Å². The van der Waals surface area contributed by atoms with E-state index in [9.17, 15) is 9.59 Å². The van der Waals surface area contributed by atoms with Crippen LogP contribution in [0.2, 0.25) is 0 Å². The van der Waals surface area contributed by atoms with E-state index >= 15 is 0 Å². The van der Waals surface area contributed by atoms with E-state index < -0.39 is 11.8 Å². The monoisotopic (exact) mass is 424 g/mol. The number of ether oxygens (including phenoxy) is 2. The quantitative estimate of drug-likeness (QED) is 0.507. The molecule has 0 unspecified atom stereocenters. The van der Waals surface area contributed by atoms with E-state index in [1.165, 1.54) is 0 Å². The maximum Gasteiger partial charge on any atom is 0.276 e. The van der Waals surface area contributed by atoms with Crippen LogP contribution in [0.3, 0.4) is 0 Å². The average Bonchev–Trinajstić information content (AvgIpc) is 3.25. The third kappa shape index (κ3) is 6.56. The molecule has 0 saturated carbocycles. The molecule has 3 aromatic rings. The molecular formula is C22H24N4O5. The van der Waals surface area contributed by atoms with E-state index in [2.05, 4.69) is 21.0 Å². The molecule has 0 atom stereocenters. The van der Waals surface area contributed by atoms with Crippen LogP contribution in [0.5, 0.6) is 11.5 Å². The normalized spacial score (nSPS) is 10.4. The van der Waals surface area contributed by atoms with Gasteiger partial charge in [-0.25, -0.2) is 0 Å². The van der Waals surface area contributed by atoms with Crippen molar-refractivity contribution in [3.8, 4) is 23.0 Å². The second kappa shape index (κ2) is 10.8. The predicted octanol–water partition coefficient (Wildman–Crippen LogP) is 2.60. The molecule has 162 valence electrons. The van der Waals surface area contributed by atoms with Gasteiger partial charge in [0.25, 0.3) is 5.91 Å². The Hall–Kier alpha value is -3.88. The Labute approximate surface area is 179 Å². The molecule has 0 aliphatic carbocycles. The molecule has 2 aromatic carbocycles. The summed E-state index contributed by atoms with van der Waals surface area (Å²) in [7, 11) is 0. The maximum absolute atomic E-state index is 12.0. The number of aromatic nitrogens is 2. The summed E-state index contributed by atoms with van der Waals surface area (Å²) in [6, 6.07) is 14.7. The Bertz CT molecular complexity index is 1020. The van der Waals surface area contributed by atoms with Gasteiger partial charge < -0.3 is 13.9 Å². The summed E-state index contributed by atoms with van der Waals surface area (Å²) < 4.78 is 16.5. The first kappa shape index (κ1) is 21.8.